The molecular weight excluding hydrogens is 284 g/mol. The maximum atomic E-state index is 6.01. The minimum Gasteiger partial charge on any atom is -0.438 e. The van der Waals surface area contributed by atoms with Crippen LogP contribution in [0.25, 0.3) is 0 Å². The Hall–Kier alpha value is -1.58. The Kier molecular flexibility index (Phi) is 5.59. The summed E-state index contributed by atoms with van der Waals surface area (Å²) in [6, 6.07) is 7.71. The van der Waals surface area contributed by atoms with E-state index < -0.39 is 0 Å². The van der Waals surface area contributed by atoms with Gasteiger partial charge < -0.3 is 10.1 Å². The van der Waals surface area contributed by atoms with Crippen molar-refractivity contribution in [3.05, 3.63) is 52.2 Å². The lowest BCUT2D eigenvalue weighted by Crippen LogP contribution is -2.14. The monoisotopic (exact) mass is 304 g/mol. The van der Waals surface area contributed by atoms with Gasteiger partial charge in [-0.1, -0.05) is 24.6 Å². The molecule has 0 bridgehead atoms. The first-order valence-electron chi connectivity index (χ1n) is 7.20. The number of hydrogen-bond acceptors (Lipinski definition) is 3. The molecule has 0 spiro atoms. The fourth-order valence-corrected chi connectivity index (χ4v) is 2.18. The lowest BCUT2D eigenvalue weighted by Gasteiger charge is -2.11. The SMILES string of the molecule is CCCNCc1cnc(Oc2cc(Cl)ccc2C)c(C)c1. The van der Waals surface area contributed by atoms with Crippen LogP contribution in [0.3, 0.4) is 0 Å². The van der Waals surface area contributed by atoms with Crippen molar-refractivity contribution in [2.45, 2.75) is 33.7 Å². The first-order valence-corrected chi connectivity index (χ1v) is 7.58. The maximum Gasteiger partial charge on any atom is 0.222 e. The molecule has 2 rings (SSSR count). The molecule has 3 nitrogen and oxygen atoms in total. The van der Waals surface area contributed by atoms with Gasteiger partial charge in [0.1, 0.15) is 5.75 Å². The van der Waals surface area contributed by atoms with Crippen LogP contribution < -0.4 is 10.1 Å². The van der Waals surface area contributed by atoms with Gasteiger partial charge >= 0.3 is 0 Å². The van der Waals surface area contributed by atoms with Crippen LogP contribution in [0.4, 0.5) is 0 Å². The van der Waals surface area contributed by atoms with E-state index in [0.717, 1.165) is 42.0 Å². The number of hydrogen-bond donors (Lipinski definition) is 1. The van der Waals surface area contributed by atoms with Crippen LogP contribution in [0, 0.1) is 13.8 Å². The van der Waals surface area contributed by atoms with Crippen molar-refractivity contribution in [3.8, 4) is 11.6 Å². The van der Waals surface area contributed by atoms with Crippen LogP contribution >= 0.6 is 11.6 Å². The third kappa shape index (κ3) is 4.45. The fraction of sp³-hybridized carbons (Fsp3) is 0.353. The fourth-order valence-electron chi connectivity index (χ4n) is 2.02. The molecule has 4 heteroatoms. The number of rotatable bonds is 6. The lowest BCUT2D eigenvalue weighted by molar-refractivity contribution is 0.455. The second kappa shape index (κ2) is 7.43. The second-order valence-electron chi connectivity index (χ2n) is 5.15. The Morgan fingerprint density at radius 2 is 2.00 bits per heavy atom. The molecule has 112 valence electrons. The minimum atomic E-state index is 0.625. The van der Waals surface area contributed by atoms with E-state index in [1.165, 1.54) is 0 Å². The Balaban J connectivity index is 2.12. The normalized spacial score (nSPS) is 10.7. The number of aromatic nitrogens is 1. The van der Waals surface area contributed by atoms with Gasteiger partial charge in [-0.15, -0.1) is 0 Å². The van der Waals surface area contributed by atoms with E-state index in [1.54, 1.807) is 0 Å². The molecule has 2 aromatic rings. The molecule has 1 heterocycles. The van der Waals surface area contributed by atoms with Crippen LogP contribution in [0.5, 0.6) is 11.6 Å². The average molecular weight is 305 g/mol. The molecule has 1 aromatic heterocycles. The van der Waals surface area contributed by atoms with Gasteiger partial charge in [-0.3, -0.25) is 0 Å². The molecule has 0 aliphatic heterocycles. The van der Waals surface area contributed by atoms with Gasteiger partial charge in [0.2, 0.25) is 5.88 Å². The zero-order valence-corrected chi connectivity index (χ0v) is 13.5. The summed E-state index contributed by atoms with van der Waals surface area (Å²) in [4.78, 5) is 4.42. The summed E-state index contributed by atoms with van der Waals surface area (Å²) in [5.41, 5.74) is 3.22. The molecule has 0 saturated carbocycles. The highest BCUT2D eigenvalue weighted by molar-refractivity contribution is 6.30. The van der Waals surface area contributed by atoms with Gasteiger partial charge in [-0.25, -0.2) is 4.98 Å². The summed E-state index contributed by atoms with van der Waals surface area (Å²) in [6.45, 7) is 7.99. The molecule has 0 atom stereocenters. The molecule has 1 N–H and O–H groups in total. The molecular formula is C17H21ClN2O. The summed E-state index contributed by atoms with van der Waals surface area (Å²) in [5.74, 6) is 1.37. The molecule has 0 saturated heterocycles. The Morgan fingerprint density at radius 3 is 2.71 bits per heavy atom. The summed E-state index contributed by atoms with van der Waals surface area (Å²) < 4.78 is 5.89. The predicted octanol–water partition coefficient (Wildman–Crippen LogP) is 4.64. The highest BCUT2D eigenvalue weighted by Crippen LogP contribution is 2.28. The van der Waals surface area contributed by atoms with Crippen molar-refractivity contribution >= 4 is 11.6 Å². The van der Waals surface area contributed by atoms with Crippen molar-refractivity contribution in [2.75, 3.05) is 6.54 Å². The number of ether oxygens (including phenoxy) is 1. The second-order valence-corrected chi connectivity index (χ2v) is 5.59. The molecule has 1 aromatic carbocycles. The predicted molar refractivity (Wildman–Crippen MR) is 87.2 cm³/mol. The third-order valence-corrected chi connectivity index (χ3v) is 3.43. The first-order chi connectivity index (χ1) is 10.1. The van der Waals surface area contributed by atoms with Crippen molar-refractivity contribution < 1.29 is 4.74 Å². The topological polar surface area (TPSA) is 34.2 Å². The van der Waals surface area contributed by atoms with E-state index in [9.17, 15) is 0 Å². The number of benzene rings is 1. The number of aryl methyl sites for hydroxylation is 2. The van der Waals surface area contributed by atoms with Crippen molar-refractivity contribution in [2.24, 2.45) is 0 Å². The van der Waals surface area contributed by atoms with Gasteiger partial charge in [0.15, 0.2) is 0 Å². The minimum absolute atomic E-state index is 0.625. The van der Waals surface area contributed by atoms with Gasteiger partial charge in [0.25, 0.3) is 0 Å². The van der Waals surface area contributed by atoms with Crippen LogP contribution in [0.2, 0.25) is 5.02 Å². The number of nitrogens with one attached hydrogen (secondary N) is 1. The van der Waals surface area contributed by atoms with Crippen LogP contribution in [0.1, 0.15) is 30.0 Å². The summed E-state index contributed by atoms with van der Waals surface area (Å²) in [6.07, 6.45) is 2.98. The van der Waals surface area contributed by atoms with E-state index in [2.05, 4.69) is 23.3 Å². The molecule has 0 aliphatic rings. The highest BCUT2D eigenvalue weighted by atomic mass is 35.5. The average Bonchev–Trinajstić information content (AvgIpc) is 2.46. The van der Waals surface area contributed by atoms with Gasteiger partial charge in [0.05, 0.1) is 0 Å². The Labute approximate surface area is 131 Å². The molecule has 21 heavy (non-hydrogen) atoms. The summed E-state index contributed by atoms with van der Waals surface area (Å²) in [5, 5.41) is 4.03. The van der Waals surface area contributed by atoms with E-state index in [1.807, 2.05) is 38.2 Å². The molecule has 0 fully saturated rings. The van der Waals surface area contributed by atoms with E-state index >= 15 is 0 Å². The van der Waals surface area contributed by atoms with Crippen molar-refractivity contribution in [3.63, 3.8) is 0 Å². The molecule has 0 amide bonds. The quantitative estimate of drug-likeness (QED) is 0.789. The van der Waals surface area contributed by atoms with Crippen molar-refractivity contribution in [1.29, 1.82) is 0 Å². The van der Waals surface area contributed by atoms with E-state index in [0.29, 0.717) is 10.9 Å². The maximum absolute atomic E-state index is 6.01. The Bertz CT molecular complexity index is 614. The highest BCUT2D eigenvalue weighted by Gasteiger charge is 2.07. The van der Waals surface area contributed by atoms with Crippen molar-refractivity contribution in [1.82, 2.24) is 10.3 Å². The number of halogens is 1. The number of pyridine rings is 1. The molecule has 0 unspecified atom stereocenters. The van der Waals surface area contributed by atoms with Crippen LogP contribution in [-0.4, -0.2) is 11.5 Å². The first kappa shape index (κ1) is 15.8. The van der Waals surface area contributed by atoms with E-state index in [-0.39, 0.29) is 0 Å². The Morgan fingerprint density at radius 1 is 1.19 bits per heavy atom. The summed E-state index contributed by atoms with van der Waals surface area (Å²) >= 11 is 6.01. The smallest absolute Gasteiger partial charge is 0.222 e. The number of nitrogens with zero attached hydrogens (tertiary/aromatic N) is 1. The van der Waals surface area contributed by atoms with Crippen LogP contribution in [-0.2, 0) is 6.54 Å². The molecule has 0 radical (unpaired) electrons. The summed E-state index contributed by atoms with van der Waals surface area (Å²) in [7, 11) is 0. The largest absolute Gasteiger partial charge is 0.438 e. The van der Waals surface area contributed by atoms with E-state index in [4.69, 9.17) is 16.3 Å². The zero-order chi connectivity index (χ0) is 15.2. The standard InChI is InChI=1S/C17H21ClN2O/c1-4-7-19-10-14-8-13(3)17(20-11-14)21-16-9-15(18)6-5-12(16)2/h5-6,8-9,11,19H,4,7,10H2,1-3H3. The zero-order valence-electron chi connectivity index (χ0n) is 12.7. The van der Waals surface area contributed by atoms with Gasteiger partial charge in [-0.05, 0) is 56.1 Å². The van der Waals surface area contributed by atoms with Gasteiger partial charge in [-0.2, -0.15) is 0 Å². The lowest BCUT2D eigenvalue weighted by atomic mass is 10.2. The van der Waals surface area contributed by atoms with Crippen LogP contribution in [0.15, 0.2) is 30.5 Å². The molecule has 0 aliphatic carbocycles. The third-order valence-electron chi connectivity index (χ3n) is 3.20. The van der Waals surface area contributed by atoms with Gasteiger partial charge in [0, 0.05) is 23.3 Å².